The fourth-order valence-electron chi connectivity index (χ4n) is 2.45. The summed E-state index contributed by atoms with van der Waals surface area (Å²) in [5.74, 6) is 0.239. The lowest BCUT2D eigenvalue weighted by Gasteiger charge is -2.23. The van der Waals surface area contributed by atoms with Gasteiger partial charge in [0.25, 0.3) is 0 Å². The standard InChI is InChI=1S/C14H20N2O/c1-11-5-2-7-13-12(11)6-3-8-14(17)16(13)10-4-9-15/h2,5,7H,3-4,6,8-10,15H2,1H3. The Bertz CT molecular complexity index is 415. The second-order valence-corrected chi connectivity index (χ2v) is 4.61. The SMILES string of the molecule is Cc1cccc2c1CCCC(=O)N2CCCN. The summed E-state index contributed by atoms with van der Waals surface area (Å²) in [6.45, 7) is 3.49. The van der Waals surface area contributed by atoms with Crippen molar-refractivity contribution < 1.29 is 4.79 Å². The van der Waals surface area contributed by atoms with Gasteiger partial charge in [0.1, 0.15) is 0 Å². The van der Waals surface area contributed by atoms with Crippen LogP contribution in [0.3, 0.4) is 0 Å². The fraction of sp³-hybridized carbons (Fsp3) is 0.500. The Hall–Kier alpha value is -1.35. The molecule has 1 aliphatic rings. The number of nitrogens with zero attached hydrogens (tertiary/aromatic N) is 1. The van der Waals surface area contributed by atoms with Crippen molar-refractivity contribution in [2.45, 2.75) is 32.6 Å². The van der Waals surface area contributed by atoms with Crippen molar-refractivity contribution in [3.05, 3.63) is 29.3 Å². The van der Waals surface area contributed by atoms with Gasteiger partial charge >= 0.3 is 0 Å². The lowest BCUT2D eigenvalue weighted by Crippen LogP contribution is -2.32. The second kappa shape index (κ2) is 5.32. The summed E-state index contributed by atoms with van der Waals surface area (Å²) < 4.78 is 0. The third-order valence-electron chi connectivity index (χ3n) is 3.38. The number of benzene rings is 1. The molecule has 0 atom stereocenters. The molecule has 2 rings (SSSR count). The Morgan fingerprint density at radius 1 is 1.35 bits per heavy atom. The van der Waals surface area contributed by atoms with Crippen molar-refractivity contribution in [3.8, 4) is 0 Å². The summed E-state index contributed by atoms with van der Waals surface area (Å²) in [6, 6.07) is 6.21. The van der Waals surface area contributed by atoms with Crippen molar-refractivity contribution in [1.29, 1.82) is 0 Å². The number of anilines is 1. The van der Waals surface area contributed by atoms with Crippen LogP contribution in [0.2, 0.25) is 0 Å². The summed E-state index contributed by atoms with van der Waals surface area (Å²) in [6.07, 6.45) is 3.47. The maximum Gasteiger partial charge on any atom is 0.226 e. The molecule has 3 nitrogen and oxygen atoms in total. The predicted molar refractivity (Wildman–Crippen MR) is 70.1 cm³/mol. The number of fused-ring (bicyclic) bond motifs is 1. The van der Waals surface area contributed by atoms with Crippen molar-refractivity contribution in [2.24, 2.45) is 5.73 Å². The van der Waals surface area contributed by atoms with Crippen LogP contribution >= 0.6 is 0 Å². The molecule has 1 aromatic carbocycles. The number of hydrogen-bond acceptors (Lipinski definition) is 2. The first-order valence-electron chi connectivity index (χ1n) is 6.33. The highest BCUT2D eigenvalue weighted by Gasteiger charge is 2.22. The second-order valence-electron chi connectivity index (χ2n) is 4.61. The van der Waals surface area contributed by atoms with E-state index in [1.807, 2.05) is 11.0 Å². The molecule has 1 heterocycles. The predicted octanol–water partition coefficient (Wildman–Crippen LogP) is 2.01. The lowest BCUT2D eigenvalue weighted by molar-refractivity contribution is -0.118. The molecule has 0 radical (unpaired) electrons. The fourth-order valence-corrected chi connectivity index (χ4v) is 2.45. The Labute approximate surface area is 103 Å². The molecule has 0 saturated carbocycles. The molecule has 1 amide bonds. The molecule has 0 fully saturated rings. The number of aryl methyl sites for hydroxylation is 1. The zero-order valence-electron chi connectivity index (χ0n) is 10.4. The van der Waals surface area contributed by atoms with Gasteiger partial charge in [0.05, 0.1) is 0 Å². The topological polar surface area (TPSA) is 46.3 Å². The van der Waals surface area contributed by atoms with Gasteiger partial charge in [-0.1, -0.05) is 12.1 Å². The number of amides is 1. The van der Waals surface area contributed by atoms with Gasteiger partial charge in [0, 0.05) is 18.7 Å². The molecule has 17 heavy (non-hydrogen) atoms. The van der Waals surface area contributed by atoms with Crippen LogP contribution in [-0.2, 0) is 11.2 Å². The van der Waals surface area contributed by atoms with E-state index in [0.29, 0.717) is 13.0 Å². The minimum atomic E-state index is 0.239. The monoisotopic (exact) mass is 232 g/mol. The molecule has 2 N–H and O–H groups in total. The molecule has 0 spiro atoms. The van der Waals surface area contributed by atoms with E-state index in [2.05, 4.69) is 19.1 Å². The maximum atomic E-state index is 12.1. The molecule has 0 aromatic heterocycles. The average Bonchev–Trinajstić information content (AvgIpc) is 2.47. The van der Waals surface area contributed by atoms with Gasteiger partial charge in [-0.05, 0) is 49.9 Å². The number of rotatable bonds is 3. The summed E-state index contributed by atoms with van der Waals surface area (Å²) in [7, 11) is 0. The normalized spacial score (nSPS) is 15.6. The van der Waals surface area contributed by atoms with Crippen LogP contribution in [0, 0.1) is 6.92 Å². The zero-order valence-corrected chi connectivity index (χ0v) is 10.4. The van der Waals surface area contributed by atoms with Gasteiger partial charge in [-0.15, -0.1) is 0 Å². The van der Waals surface area contributed by atoms with Crippen LogP contribution in [0.5, 0.6) is 0 Å². The first-order valence-corrected chi connectivity index (χ1v) is 6.33. The van der Waals surface area contributed by atoms with E-state index in [0.717, 1.165) is 31.5 Å². The molecule has 92 valence electrons. The van der Waals surface area contributed by atoms with E-state index in [1.54, 1.807) is 0 Å². The third-order valence-corrected chi connectivity index (χ3v) is 3.38. The molecule has 0 aliphatic carbocycles. The van der Waals surface area contributed by atoms with Crippen molar-refractivity contribution in [1.82, 2.24) is 0 Å². The number of carbonyl (C=O) groups excluding carboxylic acids is 1. The van der Waals surface area contributed by atoms with Gasteiger partial charge in [0.2, 0.25) is 5.91 Å². The summed E-state index contributed by atoms with van der Waals surface area (Å²) >= 11 is 0. The Balaban J connectivity index is 2.36. The quantitative estimate of drug-likeness (QED) is 0.866. The molecule has 0 unspecified atom stereocenters. The van der Waals surface area contributed by atoms with Crippen LogP contribution in [0.4, 0.5) is 5.69 Å². The van der Waals surface area contributed by atoms with Gasteiger partial charge in [-0.2, -0.15) is 0 Å². The summed E-state index contributed by atoms with van der Waals surface area (Å²) in [4.78, 5) is 14.0. The van der Waals surface area contributed by atoms with Crippen LogP contribution < -0.4 is 10.6 Å². The summed E-state index contributed by atoms with van der Waals surface area (Å²) in [5.41, 5.74) is 9.26. The molecule has 0 bridgehead atoms. The molecule has 1 aliphatic heterocycles. The zero-order chi connectivity index (χ0) is 12.3. The Kier molecular flexibility index (Phi) is 3.79. The highest BCUT2D eigenvalue weighted by molar-refractivity contribution is 5.95. The summed E-state index contributed by atoms with van der Waals surface area (Å²) in [5, 5.41) is 0. The van der Waals surface area contributed by atoms with E-state index < -0.39 is 0 Å². The highest BCUT2D eigenvalue weighted by Crippen LogP contribution is 2.29. The van der Waals surface area contributed by atoms with E-state index >= 15 is 0 Å². The van der Waals surface area contributed by atoms with Gasteiger partial charge in [0.15, 0.2) is 0 Å². The number of hydrogen-bond donors (Lipinski definition) is 1. The largest absolute Gasteiger partial charge is 0.330 e. The highest BCUT2D eigenvalue weighted by atomic mass is 16.2. The van der Waals surface area contributed by atoms with E-state index in [4.69, 9.17) is 5.73 Å². The minimum Gasteiger partial charge on any atom is -0.330 e. The molecule has 0 saturated heterocycles. The maximum absolute atomic E-state index is 12.1. The van der Waals surface area contributed by atoms with E-state index in [9.17, 15) is 4.79 Å². The van der Waals surface area contributed by atoms with Crippen LogP contribution in [0.1, 0.15) is 30.4 Å². The lowest BCUT2D eigenvalue weighted by atomic mass is 10.0. The average molecular weight is 232 g/mol. The molecular formula is C14H20N2O. The third kappa shape index (κ3) is 2.50. The van der Waals surface area contributed by atoms with E-state index in [1.165, 1.54) is 11.1 Å². The van der Waals surface area contributed by atoms with Gasteiger partial charge in [-0.25, -0.2) is 0 Å². The van der Waals surface area contributed by atoms with E-state index in [-0.39, 0.29) is 5.91 Å². The number of carbonyl (C=O) groups is 1. The smallest absolute Gasteiger partial charge is 0.226 e. The van der Waals surface area contributed by atoms with Crippen LogP contribution in [0.15, 0.2) is 18.2 Å². The van der Waals surface area contributed by atoms with Crippen LogP contribution in [-0.4, -0.2) is 19.0 Å². The Morgan fingerprint density at radius 2 is 2.18 bits per heavy atom. The first kappa shape index (κ1) is 12.1. The molecule has 3 heteroatoms. The van der Waals surface area contributed by atoms with Gasteiger partial charge in [-0.3, -0.25) is 4.79 Å². The van der Waals surface area contributed by atoms with Crippen molar-refractivity contribution in [2.75, 3.05) is 18.0 Å². The first-order chi connectivity index (χ1) is 8.24. The van der Waals surface area contributed by atoms with Crippen molar-refractivity contribution >= 4 is 11.6 Å². The molecule has 1 aromatic rings. The molecular weight excluding hydrogens is 212 g/mol. The van der Waals surface area contributed by atoms with Crippen LogP contribution in [0.25, 0.3) is 0 Å². The van der Waals surface area contributed by atoms with Gasteiger partial charge < -0.3 is 10.6 Å². The Morgan fingerprint density at radius 3 is 2.94 bits per heavy atom. The number of nitrogens with two attached hydrogens (primary N) is 1. The van der Waals surface area contributed by atoms with Crippen molar-refractivity contribution in [3.63, 3.8) is 0 Å². The minimum absolute atomic E-state index is 0.239.